The normalized spacial score (nSPS) is 16.4. The molecule has 1 N–H and O–H groups in total. The molecule has 1 aliphatic heterocycles. The van der Waals surface area contributed by atoms with Crippen LogP contribution in [-0.2, 0) is 10.0 Å². The second-order valence-electron chi connectivity index (χ2n) is 7.31. The van der Waals surface area contributed by atoms with Crippen molar-refractivity contribution in [2.75, 3.05) is 37.6 Å². The minimum absolute atomic E-state index is 0.188. The quantitative estimate of drug-likeness (QED) is 0.523. The van der Waals surface area contributed by atoms with Crippen LogP contribution in [0.3, 0.4) is 0 Å². The Balaban J connectivity index is 1.46. The van der Waals surface area contributed by atoms with Gasteiger partial charge in [-0.2, -0.15) is 0 Å². The molecular weight excluding hydrogens is 485 g/mol. The van der Waals surface area contributed by atoms with Gasteiger partial charge in [0.1, 0.15) is 11.6 Å². The first-order valence-electron chi connectivity index (χ1n) is 9.96. The van der Waals surface area contributed by atoms with E-state index in [2.05, 4.69) is 30.5 Å². The Kier molecular flexibility index (Phi) is 6.76. The molecule has 2 heterocycles. The fraction of sp³-hybridized carbons (Fsp3) is 0.273. The average molecular weight is 508 g/mol. The highest BCUT2D eigenvalue weighted by atomic mass is 79.9. The topological polar surface area (TPSA) is 65.8 Å². The van der Waals surface area contributed by atoms with E-state index in [0.29, 0.717) is 10.2 Å². The van der Waals surface area contributed by atoms with Gasteiger partial charge in [0.25, 0.3) is 0 Å². The summed E-state index contributed by atoms with van der Waals surface area (Å²) in [6.07, 6.45) is 1.60. The second-order valence-corrected chi connectivity index (χ2v) is 9.90. The molecule has 1 fully saturated rings. The summed E-state index contributed by atoms with van der Waals surface area (Å²) in [6.45, 7) is 3.13. The van der Waals surface area contributed by atoms with Crippen molar-refractivity contribution in [2.24, 2.45) is 0 Å². The molecule has 1 aliphatic rings. The molecule has 0 radical (unpaired) electrons. The van der Waals surface area contributed by atoms with Gasteiger partial charge in [-0.3, -0.25) is 4.90 Å². The lowest BCUT2D eigenvalue weighted by molar-refractivity contribution is 0.166. The number of furan rings is 1. The molecule has 2 aromatic carbocycles. The van der Waals surface area contributed by atoms with Gasteiger partial charge >= 0.3 is 0 Å². The highest BCUT2D eigenvalue weighted by Gasteiger charge is 2.29. The Hall–Kier alpha value is -2.20. The van der Waals surface area contributed by atoms with Gasteiger partial charge in [0.05, 0.1) is 17.2 Å². The third-order valence-corrected chi connectivity index (χ3v) is 7.85. The van der Waals surface area contributed by atoms with Gasteiger partial charge in [-0.15, -0.1) is 0 Å². The maximum Gasteiger partial charge on any atom is 0.241 e. The van der Waals surface area contributed by atoms with Crippen LogP contribution in [0.5, 0.6) is 0 Å². The lowest BCUT2D eigenvalue weighted by Gasteiger charge is -2.39. The van der Waals surface area contributed by atoms with Crippen LogP contribution in [0.4, 0.5) is 10.1 Å². The standard InChI is InChI=1S/C22H23BrFN3O3S/c23-19-4-1-2-6-22(19)31(28,29)25-16-20(21-5-3-15-30-21)27-13-11-26(12-14-27)18-9-7-17(24)8-10-18/h1-10,15,20,25H,11-14,16H2. The van der Waals surface area contributed by atoms with Crippen LogP contribution in [-0.4, -0.2) is 46.0 Å². The Bertz CT molecular complexity index is 1100. The zero-order valence-corrected chi connectivity index (χ0v) is 19.1. The summed E-state index contributed by atoms with van der Waals surface area (Å²) < 4.78 is 47.8. The van der Waals surface area contributed by atoms with Gasteiger partial charge in [-0.05, 0) is 64.5 Å². The third-order valence-electron chi connectivity index (χ3n) is 5.41. The van der Waals surface area contributed by atoms with Gasteiger partial charge in [0.15, 0.2) is 0 Å². The summed E-state index contributed by atoms with van der Waals surface area (Å²) in [5.74, 6) is 0.461. The van der Waals surface area contributed by atoms with Crippen LogP contribution in [0.25, 0.3) is 0 Å². The smallest absolute Gasteiger partial charge is 0.241 e. The van der Waals surface area contributed by atoms with Crippen LogP contribution in [0.15, 0.2) is 80.7 Å². The summed E-state index contributed by atoms with van der Waals surface area (Å²) >= 11 is 3.31. The largest absolute Gasteiger partial charge is 0.468 e. The first kappa shape index (κ1) is 22.0. The van der Waals surface area contributed by atoms with E-state index in [1.807, 2.05) is 6.07 Å². The van der Waals surface area contributed by atoms with E-state index in [1.165, 1.54) is 12.1 Å². The molecule has 0 spiro atoms. The number of sulfonamides is 1. The van der Waals surface area contributed by atoms with Crippen LogP contribution in [0.1, 0.15) is 11.8 Å². The van der Waals surface area contributed by atoms with Crippen molar-refractivity contribution in [3.8, 4) is 0 Å². The second kappa shape index (κ2) is 9.52. The van der Waals surface area contributed by atoms with Crippen molar-refractivity contribution in [3.63, 3.8) is 0 Å². The van der Waals surface area contributed by atoms with Crippen molar-refractivity contribution < 1.29 is 17.2 Å². The number of piperazine rings is 1. The minimum Gasteiger partial charge on any atom is -0.468 e. The number of nitrogens with zero attached hydrogens (tertiary/aromatic N) is 2. The summed E-state index contributed by atoms with van der Waals surface area (Å²) in [5.41, 5.74) is 0.977. The van der Waals surface area contributed by atoms with Crippen molar-refractivity contribution >= 4 is 31.6 Å². The van der Waals surface area contributed by atoms with Crippen LogP contribution >= 0.6 is 15.9 Å². The van der Waals surface area contributed by atoms with Crippen molar-refractivity contribution in [1.82, 2.24) is 9.62 Å². The summed E-state index contributed by atoms with van der Waals surface area (Å²) in [6, 6.07) is 16.7. The SMILES string of the molecule is O=S(=O)(NCC(c1ccco1)N1CCN(c2ccc(F)cc2)CC1)c1ccccc1Br. The summed E-state index contributed by atoms with van der Waals surface area (Å²) in [5, 5.41) is 0. The van der Waals surface area contributed by atoms with E-state index in [4.69, 9.17) is 4.42 Å². The van der Waals surface area contributed by atoms with Gasteiger partial charge in [-0.25, -0.2) is 17.5 Å². The van der Waals surface area contributed by atoms with Gasteiger partial charge in [0.2, 0.25) is 10.0 Å². The molecule has 0 saturated carbocycles. The van der Waals surface area contributed by atoms with E-state index in [1.54, 1.807) is 48.7 Å². The van der Waals surface area contributed by atoms with Gasteiger partial charge in [-0.1, -0.05) is 12.1 Å². The number of halogens is 2. The van der Waals surface area contributed by atoms with Crippen molar-refractivity contribution in [3.05, 3.63) is 83.0 Å². The predicted molar refractivity (Wildman–Crippen MR) is 121 cm³/mol. The van der Waals surface area contributed by atoms with Gasteiger partial charge in [0, 0.05) is 42.9 Å². The molecule has 1 atom stereocenters. The Morgan fingerprint density at radius 2 is 1.71 bits per heavy atom. The lowest BCUT2D eigenvalue weighted by atomic mass is 10.1. The number of hydrogen-bond donors (Lipinski definition) is 1. The fourth-order valence-electron chi connectivity index (χ4n) is 3.76. The molecule has 9 heteroatoms. The predicted octanol–water partition coefficient (Wildman–Crippen LogP) is 4.02. The minimum atomic E-state index is -3.68. The number of hydrogen-bond acceptors (Lipinski definition) is 5. The van der Waals surface area contributed by atoms with Gasteiger partial charge < -0.3 is 9.32 Å². The van der Waals surface area contributed by atoms with Crippen LogP contribution in [0.2, 0.25) is 0 Å². The first-order valence-corrected chi connectivity index (χ1v) is 12.2. The Morgan fingerprint density at radius 3 is 2.35 bits per heavy atom. The molecule has 0 aliphatic carbocycles. The number of rotatable bonds is 7. The fourth-order valence-corrected chi connectivity index (χ4v) is 5.80. The number of benzene rings is 2. The maximum absolute atomic E-state index is 13.2. The molecule has 1 aromatic heterocycles. The number of nitrogens with one attached hydrogen (secondary N) is 1. The van der Waals surface area contributed by atoms with Crippen LogP contribution < -0.4 is 9.62 Å². The van der Waals surface area contributed by atoms with E-state index >= 15 is 0 Å². The maximum atomic E-state index is 13.2. The zero-order valence-electron chi connectivity index (χ0n) is 16.7. The highest BCUT2D eigenvalue weighted by molar-refractivity contribution is 9.10. The summed E-state index contributed by atoms with van der Waals surface area (Å²) in [7, 11) is -3.68. The van der Waals surface area contributed by atoms with E-state index in [9.17, 15) is 12.8 Å². The summed E-state index contributed by atoms with van der Waals surface area (Å²) in [4.78, 5) is 4.61. The molecule has 0 amide bonds. The Morgan fingerprint density at radius 1 is 1.00 bits per heavy atom. The first-order chi connectivity index (χ1) is 14.9. The number of anilines is 1. The molecule has 1 unspecified atom stereocenters. The molecule has 31 heavy (non-hydrogen) atoms. The molecule has 164 valence electrons. The molecule has 6 nitrogen and oxygen atoms in total. The van der Waals surface area contributed by atoms with E-state index < -0.39 is 10.0 Å². The molecule has 0 bridgehead atoms. The third kappa shape index (κ3) is 5.17. The van der Waals surface area contributed by atoms with Crippen molar-refractivity contribution in [2.45, 2.75) is 10.9 Å². The average Bonchev–Trinajstić information content (AvgIpc) is 3.30. The monoisotopic (exact) mass is 507 g/mol. The van der Waals surface area contributed by atoms with Crippen LogP contribution in [0, 0.1) is 5.82 Å². The van der Waals surface area contributed by atoms with E-state index in [0.717, 1.165) is 31.9 Å². The molecular formula is C22H23BrFN3O3S. The lowest BCUT2D eigenvalue weighted by Crippen LogP contribution is -2.49. The highest BCUT2D eigenvalue weighted by Crippen LogP contribution is 2.26. The molecule has 1 saturated heterocycles. The van der Waals surface area contributed by atoms with Crippen molar-refractivity contribution in [1.29, 1.82) is 0 Å². The Labute approximate surface area is 189 Å². The molecule has 3 aromatic rings. The van der Waals surface area contributed by atoms with E-state index in [-0.39, 0.29) is 23.3 Å². The molecule has 4 rings (SSSR count). The zero-order chi connectivity index (χ0) is 21.8.